The quantitative estimate of drug-likeness (QED) is 0.677. The molecule has 0 amide bonds. The van der Waals surface area contributed by atoms with Crippen LogP contribution in [0.1, 0.15) is 0 Å². The van der Waals surface area contributed by atoms with Crippen molar-refractivity contribution in [2.24, 2.45) is 0 Å². The summed E-state index contributed by atoms with van der Waals surface area (Å²) in [6.07, 6.45) is 1.94. The summed E-state index contributed by atoms with van der Waals surface area (Å²) in [4.78, 5) is 13.1. The summed E-state index contributed by atoms with van der Waals surface area (Å²) >= 11 is 3.68. The van der Waals surface area contributed by atoms with E-state index in [0.717, 1.165) is 63.7 Å². The first-order valence-electron chi connectivity index (χ1n) is 8.52. The number of hydrogen-bond donors (Lipinski definition) is 0. The number of thiophene rings is 1. The van der Waals surface area contributed by atoms with Crippen LogP contribution in [-0.2, 0) is 0 Å². The molecule has 2 aliphatic rings. The molecule has 1 aromatic carbocycles. The molecule has 0 N–H and O–H groups in total. The van der Waals surface area contributed by atoms with Crippen molar-refractivity contribution in [1.82, 2.24) is 9.97 Å². The molecule has 5 nitrogen and oxygen atoms in total. The number of ether oxygens (including phenoxy) is 2. The molecule has 4 heterocycles. The number of fused-ring (bicyclic) bond motifs is 1. The van der Waals surface area contributed by atoms with Crippen molar-refractivity contribution in [2.75, 3.05) is 36.3 Å². The Morgan fingerprint density at radius 2 is 1.92 bits per heavy atom. The van der Waals surface area contributed by atoms with Gasteiger partial charge in [0, 0.05) is 36.4 Å². The maximum absolute atomic E-state index is 5.54. The van der Waals surface area contributed by atoms with Gasteiger partial charge in [-0.1, -0.05) is 12.1 Å². The molecule has 2 aromatic heterocycles. The highest BCUT2D eigenvalue weighted by atomic mass is 32.2. The molecule has 0 saturated carbocycles. The number of aromatic nitrogens is 2. The second-order valence-corrected chi connectivity index (χ2v) is 8.25. The Morgan fingerprint density at radius 3 is 2.77 bits per heavy atom. The van der Waals surface area contributed by atoms with Gasteiger partial charge in [0.25, 0.3) is 0 Å². The molecule has 0 aliphatic carbocycles. The van der Waals surface area contributed by atoms with E-state index in [1.165, 1.54) is 0 Å². The van der Waals surface area contributed by atoms with Crippen LogP contribution in [0.25, 0.3) is 21.7 Å². The van der Waals surface area contributed by atoms with Gasteiger partial charge in [0.1, 0.15) is 0 Å². The topological polar surface area (TPSA) is 47.5 Å². The standard InChI is InChI=1S/C19H17N3O2S2/c1-2-17(26-7-1)18-14(13-3-4-15-16(10-13)24-12-23-15)11-20-19(21-18)22-5-8-25-9-6-22/h1-4,7,10-11H,5-6,8-9,12H2. The zero-order chi connectivity index (χ0) is 17.3. The first-order valence-corrected chi connectivity index (χ1v) is 10.6. The van der Waals surface area contributed by atoms with Gasteiger partial charge in [-0.2, -0.15) is 11.8 Å². The molecule has 1 saturated heterocycles. The van der Waals surface area contributed by atoms with E-state index in [9.17, 15) is 0 Å². The lowest BCUT2D eigenvalue weighted by atomic mass is 10.0. The van der Waals surface area contributed by atoms with Crippen molar-refractivity contribution < 1.29 is 9.47 Å². The van der Waals surface area contributed by atoms with Crippen molar-refractivity contribution in [3.8, 4) is 33.2 Å². The Labute approximate surface area is 160 Å². The van der Waals surface area contributed by atoms with Crippen LogP contribution < -0.4 is 14.4 Å². The molecule has 5 rings (SSSR count). The summed E-state index contributed by atoms with van der Waals surface area (Å²) in [5.74, 6) is 4.63. The average Bonchev–Trinajstić information content (AvgIpc) is 3.39. The third-order valence-corrected chi connectivity index (χ3v) is 6.33. The molecular formula is C19H17N3O2S2. The Kier molecular flexibility index (Phi) is 4.18. The predicted octanol–water partition coefficient (Wildman–Crippen LogP) is 4.15. The van der Waals surface area contributed by atoms with Crippen LogP contribution in [0.2, 0.25) is 0 Å². The number of thioether (sulfide) groups is 1. The fraction of sp³-hybridized carbons (Fsp3) is 0.263. The molecular weight excluding hydrogens is 366 g/mol. The van der Waals surface area contributed by atoms with Crippen LogP contribution in [0, 0.1) is 0 Å². The maximum Gasteiger partial charge on any atom is 0.231 e. The molecule has 26 heavy (non-hydrogen) atoms. The third-order valence-electron chi connectivity index (χ3n) is 4.51. The van der Waals surface area contributed by atoms with Crippen LogP contribution >= 0.6 is 23.1 Å². The van der Waals surface area contributed by atoms with E-state index < -0.39 is 0 Å². The van der Waals surface area contributed by atoms with Crippen LogP contribution in [0.3, 0.4) is 0 Å². The van der Waals surface area contributed by atoms with Crippen molar-refractivity contribution in [3.05, 3.63) is 41.9 Å². The first-order chi connectivity index (χ1) is 12.9. The van der Waals surface area contributed by atoms with Gasteiger partial charge in [0.2, 0.25) is 12.7 Å². The molecule has 3 aromatic rings. The molecule has 7 heteroatoms. The van der Waals surface area contributed by atoms with E-state index in [0.29, 0.717) is 0 Å². The molecule has 1 fully saturated rings. The van der Waals surface area contributed by atoms with Crippen LogP contribution in [0.15, 0.2) is 41.9 Å². The van der Waals surface area contributed by atoms with E-state index in [1.54, 1.807) is 11.3 Å². The Morgan fingerprint density at radius 1 is 1.04 bits per heavy atom. The largest absolute Gasteiger partial charge is 0.454 e. The monoisotopic (exact) mass is 383 g/mol. The molecule has 0 spiro atoms. The zero-order valence-corrected chi connectivity index (χ0v) is 15.7. The predicted molar refractivity (Wildman–Crippen MR) is 106 cm³/mol. The minimum absolute atomic E-state index is 0.277. The van der Waals surface area contributed by atoms with E-state index in [2.05, 4.69) is 27.4 Å². The second-order valence-electron chi connectivity index (χ2n) is 6.08. The summed E-state index contributed by atoms with van der Waals surface area (Å²) in [5.41, 5.74) is 3.03. The molecule has 2 aliphatic heterocycles. The number of hydrogen-bond acceptors (Lipinski definition) is 7. The SMILES string of the molecule is c1csc(-c2nc(N3CCSCC3)ncc2-c2ccc3c(c2)OCO3)c1. The minimum Gasteiger partial charge on any atom is -0.454 e. The molecule has 0 radical (unpaired) electrons. The number of benzene rings is 1. The van der Waals surface area contributed by atoms with E-state index in [4.69, 9.17) is 14.5 Å². The van der Waals surface area contributed by atoms with Gasteiger partial charge in [0.15, 0.2) is 11.5 Å². The van der Waals surface area contributed by atoms with Gasteiger partial charge in [-0.15, -0.1) is 11.3 Å². The molecule has 132 valence electrons. The Balaban J connectivity index is 1.60. The normalized spacial score (nSPS) is 16.1. The maximum atomic E-state index is 5.54. The van der Waals surface area contributed by atoms with E-state index in [1.807, 2.05) is 36.2 Å². The lowest BCUT2D eigenvalue weighted by molar-refractivity contribution is 0.174. The summed E-state index contributed by atoms with van der Waals surface area (Å²) in [6, 6.07) is 10.2. The first kappa shape index (κ1) is 16.0. The average molecular weight is 383 g/mol. The number of rotatable bonds is 3. The lowest BCUT2D eigenvalue weighted by Gasteiger charge is -2.26. The van der Waals surface area contributed by atoms with E-state index >= 15 is 0 Å². The van der Waals surface area contributed by atoms with Gasteiger partial charge in [0.05, 0.1) is 10.6 Å². The molecule has 0 atom stereocenters. The summed E-state index contributed by atoms with van der Waals surface area (Å²) in [6.45, 7) is 2.27. The number of nitrogens with zero attached hydrogens (tertiary/aromatic N) is 3. The second kappa shape index (κ2) is 6.81. The minimum atomic E-state index is 0.277. The highest BCUT2D eigenvalue weighted by Gasteiger charge is 2.20. The Bertz CT molecular complexity index is 925. The molecule has 0 unspecified atom stereocenters. The van der Waals surface area contributed by atoms with Crippen LogP contribution in [0.5, 0.6) is 11.5 Å². The van der Waals surface area contributed by atoms with Gasteiger partial charge >= 0.3 is 0 Å². The highest BCUT2D eigenvalue weighted by molar-refractivity contribution is 7.99. The van der Waals surface area contributed by atoms with Crippen molar-refractivity contribution in [3.63, 3.8) is 0 Å². The Hall–Kier alpha value is -2.25. The third kappa shape index (κ3) is 2.91. The van der Waals surface area contributed by atoms with Gasteiger partial charge < -0.3 is 14.4 Å². The van der Waals surface area contributed by atoms with Gasteiger partial charge in [-0.05, 0) is 29.1 Å². The number of anilines is 1. The summed E-state index contributed by atoms with van der Waals surface area (Å²) < 4.78 is 11.0. The fourth-order valence-corrected chi connectivity index (χ4v) is 4.80. The lowest BCUT2D eigenvalue weighted by Crippen LogP contribution is -2.33. The highest BCUT2D eigenvalue weighted by Crippen LogP contribution is 2.39. The smallest absolute Gasteiger partial charge is 0.231 e. The van der Waals surface area contributed by atoms with Crippen molar-refractivity contribution >= 4 is 29.0 Å². The fourth-order valence-electron chi connectivity index (χ4n) is 3.16. The van der Waals surface area contributed by atoms with E-state index in [-0.39, 0.29) is 6.79 Å². The van der Waals surface area contributed by atoms with Gasteiger partial charge in [-0.3, -0.25) is 0 Å². The van der Waals surface area contributed by atoms with Crippen molar-refractivity contribution in [1.29, 1.82) is 0 Å². The summed E-state index contributed by atoms with van der Waals surface area (Å²) in [7, 11) is 0. The van der Waals surface area contributed by atoms with Crippen LogP contribution in [0.4, 0.5) is 5.95 Å². The van der Waals surface area contributed by atoms with Gasteiger partial charge in [-0.25, -0.2) is 9.97 Å². The van der Waals surface area contributed by atoms with Crippen LogP contribution in [-0.4, -0.2) is 41.4 Å². The zero-order valence-electron chi connectivity index (χ0n) is 14.1. The molecule has 0 bridgehead atoms. The summed E-state index contributed by atoms with van der Waals surface area (Å²) in [5, 5.41) is 2.08. The van der Waals surface area contributed by atoms with Crippen molar-refractivity contribution in [2.45, 2.75) is 0 Å².